The van der Waals surface area contributed by atoms with E-state index in [1.807, 2.05) is 12.1 Å². The number of ether oxygens (including phenoxy) is 2. The Hall–Kier alpha value is -0.640. The van der Waals surface area contributed by atoms with Crippen LogP contribution in [0, 0.1) is 0 Å². The van der Waals surface area contributed by atoms with Crippen molar-refractivity contribution in [3.8, 4) is 0 Å². The van der Waals surface area contributed by atoms with E-state index in [0.717, 1.165) is 24.1 Å². The van der Waals surface area contributed by atoms with Crippen molar-refractivity contribution in [2.24, 2.45) is 0 Å². The first-order chi connectivity index (χ1) is 7.34. The summed E-state index contributed by atoms with van der Waals surface area (Å²) in [4.78, 5) is 0. The van der Waals surface area contributed by atoms with E-state index in [4.69, 9.17) is 9.47 Å². The molecule has 1 fully saturated rings. The number of hydrogen-bond acceptors (Lipinski definition) is 2. The summed E-state index contributed by atoms with van der Waals surface area (Å²) in [6, 6.07) is 8.19. The van der Waals surface area contributed by atoms with E-state index in [2.05, 4.69) is 40.2 Å². The molecule has 0 radical (unpaired) electrons. The van der Waals surface area contributed by atoms with Crippen molar-refractivity contribution >= 4 is 22.0 Å². The third-order valence-electron chi connectivity index (χ3n) is 2.20. The van der Waals surface area contributed by atoms with E-state index in [1.165, 1.54) is 5.56 Å². The fraction of sp³-hybridized carbons (Fsp3) is 0.333. The Kier molecular flexibility index (Phi) is 3.94. The molecule has 1 aromatic rings. The van der Waals surface area contributed by atoms with Crippen LogP contribution in [0.15, 0.2) is 34.8 Å². The lowest BCUT2D eigenvalue weighted by molar-refractivity contribution is -0.0379. The SMILES string of the molecule is Brc1ccc(/C=C/CC2OCCO2)cc1. The Morgan fingerprint density at radius 1 is 1.20 bits per heavy atom. The highest BCUT2D eigenvalue weighted by atomic mass is 79.9. The summed E-state index contributed by atoms with van der Waals surface area (Å²) in [6.45, 7) is 1.44. The van der Waals surface area contributed by atoms with Gasteiger partial charge in [-0.25, -0.2) is 0 Å². The molecule has 0 N–H and O–H groups in total. The molecule has 1 heterocycles. The minimum atomic E-state index is -0.0447. The van der Waals surface area contributed by atoms with Crippen molar-refractivity contribution in [2.75, 3.05) is 13.2 Å². The molecule has 1 aromatic carbocycles. The van der Waals surface area contributed by atoms with Crippen LogP contribution >= 0.6 is 15.9 Å². The number of hydrogen-bond donors (Lipinski definition) is 0. The van der Waals surface area contributed by atoms with Gasteiger partial charge in [-0.1, -0.05) is 40.2 Å². The fourth-order valence-corrected chi connectivity index (χ4v) is 1.70. The van der Waals surface area contributed by atoms with Gasteiger partial charge in [-0.05, 0) is 17.7 Å². The van der Waals surface area contributed by atoms with Crippen molar-refractivity contribution in [1.82, 2.24) is 0 Å². The van der Waals surface area contributed by atoms with E-state index in [-0.39, 0.29) is 6.29 Å². The van der Waals surface area contributed by atoms with Gasteiger partial charge in [0.25, 0.3) is 0 Å². The summed E-state index contributed by atoms with van der Waals surface area (Å²) in [5.74, 6) is 0. The van der Waals surface area contributed by atoms with Crippen molar-refractivity contribution < 1.29 is 9.47 Å². The molecule has 2 nitrogen and oxygen atoms in total. The molecule has 3 heteroatoms. The third-order valence-corrected chi connectivity index (χ3v) is 2.73. The normalized spacial score (nSPS) is 17.7. The highest BCUT2D eigenvalue weighted by Gasteiger charge is 2.13. The molecule has 0 amide bonds. The number of benzene rings is 1. The van der Waals surface area contributed by atoms with E-state index in [9.17, 15) is 0 Å². The Morgan fingerprint density at radius 2 is 1.87 bits per heavy atom. The first-order valence-corrected chi connectivity index (χ1v) is 5.79. The van der Waals surface area contributed by atoms with Gasteiger partial charge in [0.2, 0.25) is 0 Å². The van der Waals surface area contributed by atoms with E-state index < -0.39 is 0 Å². The summed E-state index contributed by atoms with van der Waals surface area (Å²) >= 11 is 3.40. The molecule has 0 aliphatic carbocycles. The van der Waals surface area contributed by atoms with Crippen LogP contribution in [0.25, 0.3) is 6.08 Å². The predicted octanol–water partition coefficient (Wildman–Crippen LogP) is 3.23. The molecule has 0 bridgehead atoms. The highest BCUT2D eigenvalue weighted by Crippen LogP contribution is 2.13. The monoisotopic (exact) mass is 268 g/mol. The molecule has 0 unspecified atom stereocenters. The van der Waals surface area contributed by atoms with Crippen LogP contribution in [-0.4, -0.2) is 19.5 Å². The molecular formula is C12H13BrO2. The second kappa shape index (κ2) is 5.45. The molecule has 0 spiro atoms. The van der Waals surface area contributed by atoms with Gasteiger partial charge in [-0.2, -0.15) is 0 Å². The minimum absolute atomic E-state index is 0.0447. The summed E-state index contributed by atoms with van der Waals surface area (Å²) < 4.78 is 11.8. The minimum Gasteiger partial charge on any atom is -0.350 e. The number of rotatable bonds is 3. The Labute approximate surface area is 98.0 Å². The third kappa shape index (κ3) is 3.45. The van der Waals surface area contributed by atoms with Crippen molar-refractivity contribution in [2.45, 2.75) is 12.7 Å². The Balaban J connectivity index is 1.85. The van der Waals surface area contributed by atoms with Crippen LogP contribution in [-0.2, 0) is 9.47 Å². The van der Waals surface area contributed by atoms with Crippen LogP contribution in [0.1, 0.15) is 12.0 Å². The molecule has 2 rings (SSSR count). The van der Waals surface area contributed by atoms with Crippen molar-refractivity contribution in [3.05, 3.63) is 40.4 Å². The van der Waals surface area contributed by atoms with E-state index >= 15 is 0 Å². The van der Waals surface area contributed by atoms with Gasteiger partial charge in [-0.3, -0.25) is 0 Å². The maximum absolute atomic E-state index is 5.33. The molecule has 15 heavy (non-hydrogen) atoms. The second-order valence-corrected chi connectivity index (χ2v) is 4.28. The van der Waals surface area contributed by atoms with Crippen LogP contribution < -0.4 is 0 Å². The zero-order valence-corrected chi connectivity index (χ0v) is 9.94. The van der Waals surface area contributed by atoms with E-state index in [1.54, 1.807) is 0 Å². The molecule has 0 saturated carbocycles. The molecule has 1 aliphatic rings. The van der Waals surface area contributed by atoms with Gasteiger partial charge in [0.05, 0.1) is 13.2 Å². The Bertz CT molecular complexity index is 326. The molecule has 80 valence electrons. The standard InChI is InChI=1S/C12H13BrO2/c13-11-6-4-10(5-7-11)2-1-3-12-14-8-9-15-12/h1-2,4-7,12H,3,8-9H2/b2-1+. The zero-order chi connectivity index (χ0) is 10.5. The lowest BCUT2D eigenvalue weighted by Gasteiger charge is -2.03. The van der Waals surface area contributed by atoms with Gasteiger partial charge in [-0.15, -0.1) is 0 Å². The molecule has 0 aromatic heterocycles. The quantitative estimate of drug-likeness (QED) is 0.838. The fourth-order valence-electron chi connectivity index (χ4n) is 1.43. The summed E-state index contributed by atoms with van der Waals surface area (Å²) in [7, 11) is 0. The smallest absolute Gasteiger partial charge is 0.161 e. The summed E-state index contributed by atoms with van der Waals surface area (Å²) in [5.41, 5.74) is 1.19. The largest absolute Gasteiger partial charge is 0.350 e. The van der Waals surface area contributed by atoms with Gasteiger partial charge < -0.3 is 9.47 Å². The average Bonchev–Trinajstić information content (AvgIpc) is 2.74. The molecule has 1 aliphatic heterocycles. The zero-order valence-electron chi connectivity index (χ0n) is 8.36. The van der Waals surface area contributed by atoms with Crippen molar-refractivity contribution in [3.63, 3.8) is 0 Å². The molecule has 1 saturated heterocycles. The lowest BCUT2D eigenvalue weighted by Crippen LogP contribution is -2.04. The van der Waals surface area contributed by atoms with Crippen LogP contribution in [0.2, 0.25) is 0 Å². The Morgan fingerprint density at radius 3 is 2.53 bits per heavy atom. The predicted molar refractivity (Wildman–Crippen MR) is 63.5 cm³/mol. The lowest BCUT2D eigenvalue weighted by atomic mass is 10.2. The van der Waals surface area contributed by atoms with E-state index in [0.29, 0.717) is 0 Å². The highest BCUT2D eigenvalue weighted by molar-refractivity contribution is 9.10. The summed E-state index contributed by atoms with van der Waals surface area (Å²) in [6.07, 6.45) is 4.93. The molecular weight excluding hydrogens is 256 g/mol. The first kappa shape index (κ1) is 10.9. The average molecular weight is 269 g/mol. The van der Waals surface area contributed by atoms with Gasteiger partial charge in [0, 0.05) is 10.9 Å². The van der Waals surface area contributed by atoms with Gasteiger partial charge in [0.1, 0.15) is 0 Å². The van der Waals surface area contributed by atoms with Crippen LogP contribution in [0.3, 0.4) is 0 Å². The van der Waals surface area contributed by atoms with Crippen LogP contribution in [0.4, 0.5) is 0 Å². The van der Waals surface area contributed by atoms with Crippen molar-refractivity contribution in [1.29, 1.82) is 0 Å². The topological polar surface area (TPSA) is 18.5 Å². The first-order valence-electron chi connectivity index (χ1n) is 5.00. The van der Waals surface area contributed by atoms with Gasteiger partial charge in [0.15, 0.2) is 6.29 Å². The molecule has 0 atom stereocenters. The van der Waals surface area contributed by atoms with Gasteiger partial charge >= 0.3 is 0 Å². The maximum atomic E-state index is 5.33. The maximum Gasteiger partial charge on any atom is 0.161 e. The summed E-state index contributed by atoms with van der Waals surface area (Å²) in [5, 5.41) is 0. The second-order valence-electron chi connectivity index (χ2n) is 3.36. The number of halogens is 1. The van der Waals surface area contributed by atoms with Crippen LogP contribution in [0.5, 0.6) is 0 Å².